The standard InChI is InChI=1S/C16H18N6O3/c23-16-18-15(19-25-16)12-6-7-14(13(8-12)22-10-17-20-21-22)24-9-11-4-2-1-3-5-11/h6-8,10-11H,1-5,9H2,(H,18,19,23). The van der Waals surface area contributed by atoms with Crippen molar-refractivity contribution in [1.29, 1.82) is 0 Å². The second kappa shape index (κ2) is 6.88. The Kier molecular flexibility index (Phi) is 4.28. The molecular formula is C16H18N6O3. The van der Waals surface area contributed by atoms with Gasteiger partial charge in [-0.1, -0.05) is 24.4 Å². The molecule has 0 saturated heterocycles. The largest absolute Gasteiger partial charge is 0.491 e. The minimum absolute atomic E-state index is 0.346. The van der Waals surface area contributed by atoms with E-state index >= 15 is 0 Å². The van der Waals surface area contributed by atoms with Crippen LogP contribution in [0.1, 0.15) is 32.1 Å². The maximum atomic E-state index is 11.2. The van der Waals surface area contributed by atoms with Gasteiger partial charge in [0.2, 0.25) is 0 Å². The molecule has 0 atom stereocenters. The number of hydrogen-bond donors (Lipinski definition) is 1. The van der Waals surface area contributed by atoms with Crippen LogP contribution in [0.3, 0.4) is 0 Å². The fraction of sp³-hybridized carbons (Fsp3) is 0.438. The Morgan fingerprint density at radius 1 is 1.28 bits per heavy atom. The fourth-order valence-corrected chi connectivity index (χ4v) is 3.15. The highest BCUT2D eigenvalue weighted by atomic mass is 16.5. The number of ether oxygens (including phenoxy) is 1. The SMILES string of the molecule is O=c1[nH]c(-c2ccc(OCC3CCCCC3)c(-n3cnnn3)c2)no1. The van der Waals surface area contributed by atoms with Gasteiger partial charge in [0.1, 0.15) is 17.8 Å². The predicted octanol–water partition coefficient (Wildman–Crippen LogP) is 1.96. The van der Waals surface area contributed by atoms with Crippen molar-refractivity contribution in [2.75, 3.05) is 6.61 Å². The van der Waals surface area contributed by atoms with Gasteiger partial charge < -0.3 is 4.74 Å². The van der Waals surface area contributed by atoms with Crippen molar-refractivity contribution in [3.05, 3.63) is 35.1 Å². The van der Waals surface area contributed by atoms with Crippen LogP contribution in [-0.2, 0) is 0 Å². The van der Waals surface area contributed by atoms with E-state index in [2.05, 4.69) is 30.2 Å². The number of aromatic amines is 1. The minimum atomic E-state index is -0.600. The summed E-state index contributed by atoms with van der Waals surface area (Å²) >= 11 is 0. The molecule has 0 amide bonds. The zero-order valence-corrected chi connectivity index (χ0v) is 13.6. The lowest BCUT2D eigenvalue weighted by Gasteiger charge is -2.22. The molecule has 4 rings (SSSR count). The summed E-state index contributed by atoms with van der Waals surface area (Å²) in [4.78, 5) is 13.7. The van der Waals surface area contributed by atoms with Crippen LogP contribution < -0.4 is 10.5 Å². The van der Waals surface area contributed by atoms with Crippen LogP contribution in [0.4, 0.5) is 0 Å². The predicted molar refractivity (Wildman–Crippen MR) is 87.3 cm³/mol. The Balaban J connectivity index is 1.62. The maximum absolute atomic E-state index is 11.2. The van der Waals surface area contributed by atoms with Crippen LogP contribution in [0, 0.1) is 5.92 Å². The van der Waals surface area contributed by atoms with Crippen molar-refractivity contribution in [2.24, 2.45) is 5.92 Å². The van der Waals surface area contributed by atoms with E-state index in [0.717, 1.165) is 0 Å². The first kappa shape index (κ1) is 15.6. The van der Waals surface area contributed by atoms with E-state index in [0.29, 0.717) is 35.3 Å². The highest BCUT2D eigenvalue weighted by Crippen LogP contribution is 2.29. The van der Waals surface area contributed by atoms with Gasteiger partial charge in [-0.15, -0.1) is 5.10 Å². The van der Waals surface area contributed by atoms with E-state index in [9.17, 15) is 4.79 Å². The van der Waals surface area contributed by atoms with Crippen LogP contribution in [0.2, 0.25) is 0 Å². The van der Waals surface area contributed by atoms with Gasteiger partial charge in [0.05, 0.1) is 6.61 Å². The summed E-state index contributed by atoms with van der Waals surface area (Å²) in [5.41, 5.74) is 1.36. The van der Waals surface area contributed by atoms with E-state index in [1.54, 1.807) is 6.07 Å². The van der Waals surface area contributed by atoms with Crippen LogP contribution >= 0.6 is 0 Å². The van der Waals surface area contributed by atoms with Crippen molar-refractivity contribution >= 4 is 0 Å². The summed E-state index contributed by atoms with van der Waals surface area (Å²) < 4.78 is 12.2. The molecule has 25 heavy (non-hydrogen) atoms. The number of tetrazole rings is 1. The molecule has 9 heteroatoms. The highest BCUT2D eigenvalue weighted by molar-refractivity contribution is 5.62. The number of hydrogen-bond acceptors (Lipinski definition) is 7. The molecule has 0 spiro atoms. The molecule has 2 heterocycles. The summed E-state index contributed by atoms with van der Waals surface area (Å²) in [7, 11) is 0. The van der Waals surface area contributed by atoms with Crippen LogP contribution in [0.25, 0.3) is 17.1 Å². The van der Waals surface area contributed by atoms with Gasteiger partial charge in [-0.3, -0.25) is 9.51 Å². The van der Waals surface area contributed by atoms with Crippen molar-refractivity contribution in [3.8, 4) is 22.8 Å². The first-order valence-corrected chi connectivity index (χ1v) is 8.36. The number of benzene rings is 1. The van der Waals surface area contributed by atoms with E-state index in [4.69, 9.17) is 4.74 Å². The molecule has 0 unspecified atom stereocenters. The molecule has 1 aliphatic carbocycles. The zero-order valence-electron chi connectivity index (χ0n) is 13.6. The number of nitrogens with one attached hydrogen (secondary N) is 1. The highest BCUT2D eigenvalue weighted by Gasteiger charge is 2.17. The lowest BCUT2D eigenvalue weighted by atomic mass is 9.90. The molecule has 3 aromatic rings. The minimum Gasteiger partial charge on any atom is -0.491 e. The van der Waals surface area contributed by atoms with Gasteiger partial charge in [0.25, 0.3) is 0 Å². The van der Waals surface area contributed by atoms with Gasteiger partial charge in [-0.05, 0) is 47.4 Å². The Bertz CT molecular complexity index is 879. The fourth-order valence-electron chi connectivity index (χ4n) is 3.15. The maximum Gasteiger partial charge on any atom is 0.439 e. The van der Waals surface area contributed by atoms with E-state index < -0.39 is 5.76 Å². The molecule has 0 bridgehead atoms. The molecule has 1 aliphatic rings. The summed E-state index contributed by atoms with van der Waals surface area (Å²) in [5, 5.41) is 15.0. The van der Waals surface area contributed by atoms with E-state index in [1.807, 2.05) is 12.1 Å². The van der Waals surface area contributed by atoms with Crippen LogP contribution in [-0.4, -0.2) is 37.0 Å². The lowest BCUT2D eigenvalue weighted by Crippen LogP contribution is -2.16. The molecule has 0 radical (unpaired) electrons. The third-order valence-corrected chi connectivity index (χ3v) is 4.47. The second-order valence-electron chi connectivity index (χ2n) is 6.20. The average molecular weight is 342 g/mol. The molecule has 0 aliphatic heterocycles. The van der Waals surface area contributed by atoms with Gasteiger partial charge in [-0.25, -0.2) is 4.79 Å². The normalized spacial score (nSPS) is 15.4. The summed E-state index contributed by atoms with van der Waals surface area (Å²) in [6, 6.07) is 5.46. The molecule has 1 aromatic carbocycles. The molecule has 1 saturated carbocycles. The number of nitrogens with zero attached hydrogens (tertiary/aromatic N) is 5. The first-order valence-electron chi connectivity index (χ1n) is 8.36. The Labute approximate surface area is 143 Å². The zero-order chi connectivity index (χ0) is 17.1. The first-order chi connectivity index (χ1) is 12.3. The van der Waals surface area contributed by atoms with Gasteiger partial charge in [-0.2, -0.15) is 4.68 Å². The number of H-pyrrole nitrogens is 1. The third-order valence-electron chi connectivity index (χ3n) is 4.47. The number of aromatic nitrogens is 6. The van der Waals surface area contributed by atoms with Crippen LogP contribution in [0.5, 0.6) is 5.75 Å². The monoisotopic (exact) mass is 342 g/mol. The van der Waals surface area contributed by atoms with Crippen molar-refractivity contribution in [1.82, 2.24) is 30.3 Å². The molecular weight excluding hydrogens is 324 g/mol. The molecule has 1 fully saturated rings. The summed E-state index contributed by atoms with van der Waals surface area (Å²) in [6.07, 6.45) is 7.77. The average Bonchev–Trinajstić information content (AvgIpc) is 3.32. The number of rotatable bonds is 5. The van der Waals surface area contributed by atoms with E-state index in [-0.39, 0.29) is 0 Å². The Morgan fingerprint density at radius 2 is 2.16 bits per heavy atom. The smallest absolute Gasteiger partial charge is 0.439 e. The van der Waals surface area contributed by atoms with Crippen molar-refractivity contribution < 1.29 is 9.26 Å². The Morgan fingerprint density at radius 3 is 2.88 bits per heavy atom. The third kappa shape index (κ3) is 3.44. The van der Waals surface area contributed by atoms with Gasteiger partial charge in [0, 0.05) is 5.56 Å². The van der Waals surface area contributed by atoms with Crippen molar-refractivity contribution in [3.63, 3.8) is 0 Å². The molecule has 130 valence electrons. The van der Waals surface area contributed by atoms with Crippen LogP contribution in [0.15, 0.2) is 33.8 Å². The van der Waals surface area contributed by atoms with E-state index in [1.165, 1.54) is 43.1 Å². The Hall–Kier alpha value is -2.97. The van der Waals surface area contributed by atoms with Gasteiger partial charge >= 0.3 is 5.76 Å². The summed E-state index contributed by atoms with van der Waals surface area (Å²) in [5.74, 6) is 1.02. The summed E-state index contributed by atoms with van der Waals surface area (Å²) in [6.45, 7) is 0.676. The quantitative estimate of drug-likeness (QED) is 0.754. The molecule has 9 nitrogen and oxygen atoms in total. The van der Waals surface area contributed by atoms with Crippen molar-refractivity contribution in [2.45, 2.75) is 32.1 Å². The lowest BCUT2D eigenvalue weighted by molar-refractivity contribution is 0.208. The molecule has 1 N–H and O–H groups in total. The second-order valence-corrected chi connectivity index (χ2v) is 6.20. The molecule has 2 aromatic heterocycles. The topological polar surface area (TPSA) is 112 Å². The van der Waals surface area contributed by atoms with Gasteiger partial charge in [0.15, 0.2) is 5.82 Å².